The lowest BCUT2D eigenvalue weighted by atomic mass is 10.1. The second-order valence-corrected chi connectivity index (χ2v) is 6.56. The van der Waals surface area contributed by atoms with E-state index in [-0.39, 0.29) is 18.3 Å². The summed E-state index contributed by atoms with van der Waals surface area (Å²) in [6.07, 6.45) is 0. The van der Waals surface area contributed by atoms with Gasteiger partial charge >= 0.3 is 0 Å². The van der Waals surface area contributed by atoms with Crippen molar-refractivity contribution in [2.75, 3.05) is 40.5 Å². The zero-order valence-corrected chi connectivity index (χ0v) is 16.4. The zero-order chi connectivity index (χ0) is 17.4. The van der Waals surface area contributed by atoms with Crippen LogP contribution in [-0.4, -0.2) is 46.4 Å². The molecule has 7 heteroatoms. The fourth-order valence-electron chi connectivity index (χ4n) is 2.30. The Hall–Kier alpha value is -1.60. The highest BCUT2D eigenvalue weighted by Gasteiger charge is 2.13. The van der Waals surface area contributed by atoms with Gasteiger partial charge in [0.25, 0.3) is 5.91 Å². The molecule has 138 valence electrons. The van der Waals surface area contributed by atoms with Crippen molar-refractivity contribution in [1.29, 1.82) is 0 Å². The van der Waals surface area contributed by atoms with Gasteiger partial charge in [0, 0.05) is 31.6 Å². The van der Waals surface area contributed by atoms with E-state index in [1.165, 1.54) is 11.3 Å². The van der Waals surface area contributed by atoms with Gasteiger partial charge in [-0.05, 0) is 36.2 Å². The fraction of sp³-hybridized carbons (Fsp3) is 0.389. The second-order valence-electron chi connectivity index (χ2n) is 5.31. The zero-order valence-electron chi connectivity index (χ0n) is 14.8. The Morgan fingerprint density at radius 1 is 1.12 bits per heavy atom. The molecule has 0 fully saturated rings. The number of hydrogen-bond acceptors (Lipinski definition) is 5. The normalized spacial score (nSPS) is 10.2. The van der Waals surface area contributed by atoms with Crippen LogP contribution in [0.25, 0.3) is 11.1 Å². The van der Waals surface area contributed by atoms with Crippen molar-refractivity contribution in [2.45, 2.75) is 6.92 Å². The van der Waals surface area contributed by atoms with E-state index in [4.69, 9.17) is 9.47 Å². The van der Waals surface area contributed by atoms with Crippen molar-refractivity contribution in [3.05, 3.63) is 40.1 Å². The average molecular weight is 385 g/mol. The summed E-state index contributed by atoms with van der Waals surface area (Å²) >= 11 is 1.52. The summed E-state index contributed by atoms with van der Waals surface area (Å²) in [5, 5.41) is 6.13. The Balaban J connectivity index is 0.00000312. The number of ether oxygens (including phenoxy) is 2. The lowest BCUT2D eigenvalue weighted by Gasteiger charge is -2.05. The van der Waals surface area contributed by atoms with E-state index >= 15 is 0 Å². The molecule has 0 atom stereocenters. The largest absolute Gasteiger partial charge is 0.497 e. The predicted molar refractivity (Wildman–Crippen MR) is 105 cm³/mol. The molecule has 5 nitrogen and oxygen atoms in total. The van der Waals surface area contributed by atoms with Crippen LogP contribution in [0, 0.1) is 6.92 Å². The number of nitrogens with one attached hydrogen (secondary N) is 2. The Kier molecular flexibility index (Phi) is 9.52. The molecule has 2 aromatic rings. The highest BCUT2D eigenvalue weighted by Crippen LogP contribution is 2.31. The number of halogens is 1. The van der Waals surface area contributed by atoms with Gasteiger partial charge in [-0.1, -0.05) is 12.1 Å². The molecular weight excluding hydrogens is 360 g/mol. The van der Waals surface area contributed by atoms with Crippen LogP contribution in [0.5, 0.6) is 5.75 Å². The van der Waals surface area contributed by atoms with Crippen LogP contribution in [0.15, 0.2) is 30.3 Å². The van der Waals surface area contributed by atoms with Gasteiger partial charge in [-0.15, -0.1) is 23.7 Å². The van der Waals surface area contributed by atoms with Crippen LogP contribution in [-0.2, 0) is 4.74 Å². The van der Waals surface area contributed by atoms with Crippen molar-refractivity contribution in [3.63, 3.8) is 0 Å². The molecular formula is C18H25ClN2O3S. The van der Waals surface area contributed by atoms with Gasteiger partial charge in [0.1, 0.15) is 5.75 Å². The first-order valence-electron chi connectivity index (χ1n) is 7.88. The maximum Gasteiger partial charge on any atom is 0.261 e. The Bertz CT molecular complexity index is 659. The molecule has 0 aliphatic rings. The number of benzene rings is 1. The van der Waals surface area contributed by atoms with Gasteiger partial charge in [-0.2, -0.15) is 0 Å². The number of hydrogen-bond donors (Lipinski definition) is 2. The van der Waals surface area contributed by atoms with Gasteiger partial charge in [-0.3, -0.25) is 4.79 Å². The number of carbonyl (C=O) groups excluding carboxylic acids is 1. The number of carbonyl (C=O) groups is 1. The first-order chi connectivity index (χ1) is 11.7. The molecule has 1 aromatic carbocycles. The smallest absolute Gasteiger partial charge is 0.261 e. The molecule has 0 bridgehead atoms. The summed E-state index contributed by atoms with van der Waals surface area (Å²) in [6, 6.07) is 9.83. The van der Waals surface area contributed by atoms with Crippen molar-refractivity contribution < 1.29 is 14.3 Å². The molecule has 1 heterocycles. The van der Waals surface area contributed by atoms with Gasteiger partial charge in [0.05, 0.1) is 18.6 Å². The van der Waals surface area contributed by atoms with Crippen molar-refractivity contribution in [3.8, 4) is 16.9 Å². The summed E-state index contributed by atoms with van der Waals surface area (Å²) < 4.78 is 10.1. The summed E-state index contributed by atoms with van der Waals surface area (Å²) in [5.74, 6) is 0.793. The fourth-order valence-corrected chi connectivity index (χ4v) is 3.26. The summed E-state index contributed by atoms with van der Waals surface area (Å²) in [4.78, 5) is 14.1. The van der Waals surface area contributed by atoms with E-state index in [9.17, 15) is 4.79 Å². The van der Waals surface area contributed by atoms with E-state index in [0.29, 0.717) is 13.2 Å². The van der Waals surface area contributed by atoms with Gasteiger partial charge in [-0.25, -0.2) is 0 Å². The Morgan fingerprint density at radius 2 is 1.84 bits per heavy atom. The molecule has 0 spiro atoms. The third-order valence-corrected chi connectivity index (χ3v) is 4.66. The summed E-state index contributed by atoms with van der Waals surface area (Å²) in [5.41, 5.74) is 2.18. The maximum absolute atomic E-state index is 12.3. The number of methoxy groups -OCH3 is 2. The number of amides is 1. The Morgan fingerprint density at radius 3 is 2.48 bits per heavy atom. The van der Waals surface area contributed by atoms with E-state index in [1.807, 2.05) is 37.3 Å². The molecule has 0 saturated carbocycles. The van der Waals surface area contributed by atoms with Gasteiger partial charge in [0.2, 0.25) is 0 Å². The first-order valence-corrected chi connectivity index (χ1v) is 8.70. The minimum atomic E-state index is -0.0311. The van der Waals surface area contributed by atoms with Crippen LogP contribution in [0.3, 0.4) is 0 Å². The van der Waals surface area contributed by atoms with Crippen LogP contribution in [0.2, 0.25) is 0 Å². The second kappa shape index (κ2) is 11.1. The summed E-state index contributed by atoms with van der Waals surface area (Å²) in [7, 11) is 3.32. The molecule has 1 aromatic heterocycles. The third kappa shape index (κ3) is 6.32. The minimum Gasteiger partial charge on any atom is -0.497 e. The highest BCUT2D eigenvalue weighted by atomic mass is 35.5. The standard InChI is InChI=1S/C18H24N2O3S.ClH/c1-13-16(14-4-6-15(23-3)7-5-14)12-17(24-13)18(21)20-9-8-19-10-11-22-2;/h4-7,12,19H,8-11H2,1-3H3,(H,20,21);1H. The van der Waals surface area contributed by atoms with Crippen molar-refractivity contribution in [1.82, 2.24) is 10.6 Å². The molecule has 2 rings (SSSR count). The predicted octanol–water partition coefficient (Wildman–Crippen LogP) is 3.12. The van der Waals surface area contributed by atoms with Gasteiger partial charge < -0.3 is 20.1 Å². The van der Waals surface area contributed by atoms with Crippen molar-refractivity contribution in [2.24, 2.45) is 0 Å². The number of rotatable bonds is 9. The van der Waals surface area contributed by atoms with E-state index < -0.39 is 0 Å². The number of aryl methyl sites for hydroxylation is 1. The molecule has 0 aliphatic heterocycles. The highest BCUT2D eigenvalue weighted by molar-refractivity contribution is 7.14. The van der Waals surface area contributed by atoms with Crippen molar-refractivity contribution >= 4 is 29.7 Å². The lowest BCUT2D eigenvalue weighted by molar-refractivity contribution is 0.0957. The van der Waals surface area contributed by atoms with Crippen LogP contribution < -0.4 is 15.4 Å². The van der Waals surface area contributed by atoms with E-state index in [1.54, 1.807) is 14.2 Å². The Labute approximate surface area is 159 Å². The first kappa shape index (κ1) is 21.4. The van der Waals surface area contributed by atoms with Crippen LogP contribution >= 0.6 is 23.7 Å². The van der Waals surface area contributed by atoms with E-state index in [2.05, 4.69) is 10.6 Å². The van der Waals surface area contributed by atoms with Crippen LogP contribution in [0.4, 0.5) is 0 Å². The SMILES string of the molecule is COCCNCCNC(=O)c1cc(-c2ccc(OC)cc2)c(C)s1.Cl. The molecule has 0 saturated heterocycles. The number of thiophene rings is 1. The maximum atomic E-state index is 12.3. The third-order valence-electron chi connectivity index (χ3n) is 3.61. The lowest BCUT2D eigenvalue weighted by Crippen LogP contribution is -2.32. The average Bonchev–Trinajstić information content (AvgIpc) is 3.00. The topological polar surface area (TPSA) is 59.6 Å². The minimum absolute atomic E-state index is 0. The molecule has 2 N–H and O–H groups in total. The van der Waals surface area contributed by atoms with Crippen LogP contribution in [0.1, 0.15) is 14.5 Å². The van der Waals surface area contributed by atoms with E-state index in [0.717, 1.165) is 39.7 Å². The molecule has 0 unspecified atom stereocenters. The van der Waals surface area contributed by atoms with Gasteiger partial charge in [0.15, 0.2) is 0 Å². The molecule has 0 aliphatic carbocycles. The quantitative estimate of drug-likeness (QED) is 0.652. The molecule has 1 amide bonds. The summed E-state index contributed by atoms with van der Waals surface area (Å²) in [6.45, 7) is 4.81. The monoisotopic (exact) mass is 384 g/mol. The molecule has 0 radical (unpaired) electrons. The molecule has 25 heavy (non-hydrogen) atoms.